The summed E-state index contributed by atoms with van der Waals surface area (Å²) in [7, 11) is 1.85. The van der Waals surface area contributed by atoms with Crippen molar-refractivity contribution in [1.82, 2.24) is 4.90 Å². The number of hydrogen-bond acceptors (Lipinski definition) is 2. The molecule has 0 N–H and O–H groups in total. The molecular formula is C16H22ClNO2. The number of carbonyl (C=O) groups excluding carboxylic acids is 1. The Labute approximate surface area is 125 Å². The van der Waals surface area contributed by atoms with Crippen molar-refractivity contribution >= 4 is 17.5 Å². The summed E-state index contributed by atoms with van der Waals surface area (Å²) in [5.41, 5.74) is 0.998. The molecule has 0 aliphatic carbocycles. The summed E-state index contributed by atoms with van der Waals surface area (Å²) in [4.78, 5) is 14.3. The Bertz CT molecular complexity index is 469. The van der Waals surface area contributed by atoms with E-state index in [9.17, 15) is 4.79 Å². The van der Waals surface area contributed by atoms with E-state index in [0.717, 1.165) is 18.4 Å². The van der Waals surface area contributed by atoms with Crippen molar-refractivity contribution in [3.63, 3.8) is 0 Å². The fourth-order valence-corrected chi connectivity index (χ4v) is 3.11. The quantitative estimate of drug-likeness (QED) is 0.848. The Morgan fingerprint density at radius 2 is 2.10 bits per heavy atom. The summed E-state index contributed by atoms with van der Waals surface area (Å²) in [6.07, 6.45) is 1.49. The molecule has 1 heterocycles. The van der Waals surface area contributed by atoms with Gasteiger partial charge < -0.3 is 9.64 Å². The summed E-state index contributed by atoms with van der Waals surface area (Å²) in [5, 5.41) is 0.707. The highest BCUT2D eigenvalue weighted by Crippen LogP contribution is 2.33. The number of halogens is 1. The van der Waals surface area contributed by atoms with E-state index in [2.05, 4.69) is 13.8 Å². The Kier molecular flexibility index (Phi) is 5.06. The van der Waals surface area contributed by atoms with Crippen LogP contribution in [0.25, 0.3) is 0 Å². The zero-order valence-electron chi connectivity index (χ0n) is 12.3. The van der Waals surface area contributed by atoms with Gasteiger partial charge in [-0.1, -0.05) is 43.6 Å². The lowest BCUT2D eigenvalue weighted by Gasteiger charge is -2.33. The standard InChI is InChI=1S/C16H22ClNO2/c1-11(2)15(12-7-4-5-8-13(12)17)18(3)16(19)14-9-6-10-20-14/h4-5,7-8,11,14-15H,6,9-10H2,1-3H3. The molecule has 1 aliphatic rings. The topological polar surface area (TPSA) is 29.5 Å². The maximum atomic E-state index is 12.5. The Morgan fingerprint density at radius 3 is 2.65 bits per heavy atom. The Balaban J connectivity index is 2.24. The van der Waals surface area contributed by atoms with Gasteiger partial charge in [0, 0.05) is 18.7 Å². The maximum Gasteiger partial charge on any atom is 0.251 e. The van der Waals surface area contributed by atoms with E-state index in [1.807, 2.05) is 31.3 Å². The van der Waals surface area contributed by atoms with Crippen molar-refractivity contribution < 1.29 is 9.53 Å². The second-order valence-electron chi connectivity index (χ2n) is 5.66. The molecule has 0 spiro atoms. The first-order chi connectivity index (χ1) is 9.52. The van der Waals surface area contributed by atoms with Crippen molar-refractivity contribution in [2.24, 2.45) is 5.92 Å². The van der Waals surface area contributed by atoms with Gasteiger partial charge in [0.25, 0.3) is 5.91 Å². The summed E-state index contributed by atoms with van der Waals surface area (Å²) >= 11 is 6.30. The van der Waals surface area contributed by atoms with E-state index in [-0.39, 0.29) is 24.0 Å². The molecule has 1 amide bonds. The fraction of sp³-hybridized carbons (Fsp3) is 0.562. The van der Waals surface area contributed by atoms with Crippen molar-refractivity contribution in [3.8, 4) is 0 Å². The van der Waals surface area contributed by atoms with Gasteiger partial charge in [-0.25, -0.2) is 0 Å². The third-order valence-corrected chi connectivity index (χ3v) is 4.17. The smallest absolute Gasteiger partial charge is 0.251 e. The molecule has 0 saturated carbocycles. The molecule has 2 unspecified atom stereocenters. The first kappa shape index (κ1) is 15.3. The first-order valence-corrected chi connectivity index (χ1v) is 7.53. The largest absolute Gasteiger partial charge is 0.368 e. The van der Waals surface area contributed by atoms with Crippen LogP contribution in [0.3, 0.4) is 0 Å². The van der Waals surface area contributed by atoms with Gasteiger partial charge in [0.2, 0.25) is 0 Å². The van der Waals surface area contributed by atoms with Crippen molar-refractivity contribution in [1.29, 1.82) is 0 Å². The third-order valence-electron chi connectivity index (χ3n) is 3.83. The highest BCUT2D eigenvalue weighted by molar-refractivity contribution is 6.31. The molecule has 1 saturated heterocycles. The van der Waals surface area contributed by atoms with Crippen molar-refractivity contribution in [2.45, 2.75) is 38.8 Å². The lowest BCUT2D eigenvalue weighted by atomic mass is 9.94. The maximum absolute atomic E-state index is 12.5. The van der Waals surface area contributed by atoms with Gasteiger partial charge >= 0.3 is 0 Å². The zero-order valence-corrected chi connectivity index (χ0v) is 13.1. The second kappa shape index (κ2) is 6.59. The highest BCUT2D eigenvalue weighted by Gasteiger charge is 2.32. The van der Waals surface area contributed by atoms with Crippen LogP contribution in [0.4, 0.5) is 0 Å². The number of carbonyl (C=O) groups is 1. The molecule has 1 fully saturated rings. The normalized spacial score (nSPS) is 20.1. The van der Waals surface area contributed by atoms with Gasteiger partial charge in [-0.15, -0.1) is 0 Å². The highest BCUT2D eigenvalue weighted by atomic mass is 35.5. The summed E-state index contributed by atoms with van der Waals surface area (Å²) in [6, 6.07) is 7.70. The fourth-order valence-electron chi connectivity index (χ4n) is 2.87. The monoisotopic (exact) mass is 295 g/mol. The molecule has 1 aromatic carbocycles. The predicted octanol–water partition coefficient (Wildman–Crippen LogP) is 3.67. The van der Waals surface area contributed by atoms with E-state index in [1.165, 1.54) is 0 Å². The summed E-state index contributed by atoms with van der Waals surface area (Å²) in [6.45, 7) is 4.89. The van der Waals surface area contributed by atoms with Crippen LogP contribution in [0.2, 0.25) is 5.02 Å². The Hall–Kier alpha value is -1.06. The molecule has 2 atom stereocenters. The van der Waals surface area contributed by atoms with Crippen LogP contribution >= 0.6 is 11.6 Å². The number of benzene rings is 1. The molecule has 4 heteroatoms. The van der Waals surface area contributed by atoms with Gasteiger partial charge in [0.15, 0.2) is 0 Å². The van der Waals surface area contributed by atoms with E-state index in [4.69, 9.17) is 16.3 Å². The second-order valence-corrected chi connectivity index (χ2v) is 6.07. The molecule has 20 heavy (non-hydrogen) atoms. The van der Waals surface area contributed by atoms with Crippen LogP contribution in [-0.4, -0.2) is 30.6 Å². The van der Waals surface area contributed by atoms with Crippen LogP contribution in [0.1, 0.15) is 38.3 Å². The predicted molar refractivity (Wildman–Crippen MR) is 80.8 cm³/mol. The lowest BCUT2D eigenvalue weighted by Crippen LogP contribution is -2.40. The van der Waals surface area contributed by atoms with Crippen molar-refractivity contribution in [2.75, 3.05) is 13.7 Å². The van der Waals surface area contributed by atoms with Crippen LogP contribution in [0.5, 0.6) is 0 Å². The molecule has 0 radical (unpaired) electrons. The number of ether oxygens (including phenoxy) is 1. The van der Waals surface area contributed by atoms with Crippen LogP contribution < -0.4 is 0 Å². The van der Waals surface area contributed by atoms with E-state index >= 15 is 0 Å². The number of likely N-dealkylation sites (N-methyl/N-ethyl adjacent to an activating group) is 1. The van der Waals surface area contributed by atoms with Gasteiger partial charge in [-0.05, 0) is 30.4 Å². The SMILES string of the molecule is CC(C)C(c1ccccc1Cl)N(C)C(=O)C1CCCO1. The Morgan fingerprint density at radius 1 is 1.40 bits per heavy atom. The molecule has 1 aromatic rings. The van der Waals surface area contributed by atoms with Crippen LogP contribution in [0.15, 0.2) is 24.3 Å². The van der Waals surface area contributed by atoms with Gasteiger partial charge in [-0.3, -0.25) is 4.79 Å². The summed E-state index contributed by atoms with van der Waals surface area (Å²) < 4.78 is 5.51. The minimum atomic E-state index is -0.288. The lowest BCUT2D eigenvalue weighted by molar-refractivity contribution is -0.142. The molecule has 2 rings (SSSR count). The first-order valence-electron chi connectivity index (χ1n) is 7.15. The number of amides is 1. The van der Waals surface area contributed by atoms with Crippen LogP contribution in [-0.2, 0) is 9.53 Å². The van der Waals surface area contributed by atoms with Crippen molar-refractivity contribution in [3.05, 3.63) is 34.9 Å². The molecule has 1 aliphatic heterocycles. The molecular weight excluding hydrogens is 274 g/mol. The molecule has 110 valence electrons. The number of nitrogens with zero attached hydrogens (tertiary/aromatic N) is 1. The van der Waals surface area contributed by atoms with E-state index in [1.54, 1.807) is 4.90 Å². The minimum absolute atomic E-state index is 0.0274. The third kappa shape index (κ3) is 3.15. The minimum Gasteiger partial charge on any atom is -0.368 e. The van der Waals surface area contributed by atoms with Gasteiger partial charge in [-0.2, -0.15) is 0 Å². The average Bonchev–Trinajstić information content (AvgIpc) is 2.93. The van der Waals surface area contributed by atoms with Crippen LogP contribution in [0, 0.1) is 5.92 Å². The van der Waals surface area contributed by atoms with Gasteiger partial charge in [0.05, 0.1) is 6.04 Å². The molecule has 0 bridgehead atoms. The van der Waals surface area contributed by atoms with E-state index in [0.29, 0.717) is 11.6 Å². The number of hydrogen-bond donors (Lipinski definition) is 0. The average molecular weight is 296 g/mol. The van der Waals surface area contributed by atoms with Gasteiger partial charge in [0.1, 0.15) is 6.10 Å². The number of rotatable bonds is 4. The molecule has 3 nitrogen and oxygen atoms in total. The zero-order chi connectivity index (χ0) is 14.7. The summed E-state index contributed by atoms with van der Waals surface area (Å²) in [5.74, 6) is 0.339. The van der Waals surface area contributed by atoms with E-state index < -0.39 is 0 Å². The molecule has 0 aromatic heterocycles.